The minimum atomic E-state index is -0.740. The second-order valence-corrected chi connectivity index (χ2v) is 5.15. The molecule has 8 heteroatoms. The molecule has 0 aromatic heterocycles. The van der Waals surface area contributed by atoms with Crippen molar-refractivity contribution in [1.82, 2.24) is 0 Å². The Bertz CT molecular complexity index is 680. The number of methoxy groups -OCH3 is 5. The van der Waals surface area contributed by atoms with Gasteiger partial charge in [-0.3, -0.25) is 0 Å². The van der Waals surface area contributed by atoms with E-state index >= 15 is 0 Å². The molecule has 1 aromatic carbocycles. The molecule has 26 heavy (non-hydrogen) atoms. The number of hydrogen-bond donors (Lipinski definition) is 1. The van der Waals surface area contributed by atoms with Gasteiger partial charge in [-0.25, -0.2) is 4.79 Å². The van der Waals surface area contributed by atoms with E-state index in [2.05, 4.69) is 12.6 Å². The molecule has 0 saturated heterocycles. The van der Waals surface area contributed by atoms with Crippen molar-refractivity contribution in [3.05, 3.63) is 58.9 Å². The first-order valence-electron chi connectivity index (χ1n) is 7.26. The topological polar surface area (TPSA) is 63.2 Å². The molecule has 1 aliphatic rings. The fraction of sp³-hybridized carbons (Fsp3) is 0.333. The fourth-order valence-corrected chi connectivity index (χ4v) is 2.41. The molecule has 0 spiro atoms. The van der Waals surface area contributed by atoms with E-state index in [0.717, 1.165) is 4.90 Å². The number of thiol groups is 1. The molecular weight excluding hydrogens is 410 g/mol. The van der Waals surface area contributed by atoms with Crippen LogP contribution in [-0.2, 0) is 48.0 Å². The van der Waals surface area contributed by atoms with Gasteiger partial charge in [0.1, 0.15) is 11.5 Å². The van der Waals surface area contributed by atoms with Gasteiger partial charge >= 0.3 is 0 Å². The summed E-state index contributed by atoms with van der Waals surface area (Å²) in [7, 11) is 7.22. The van der Waals surface area contributed by atoms with Gasteiger partial charge in [-0.1, -0.05) is 18.2 Å². The van der Waals surface area contributed by atoms with Crippen LogP contribution < -0.4 is 0 Å². The summed E-state index contributed by atoms with van der Waals surface area (Å²) < 4.78 is 26.0. The summed E-state index contributed by atoms with van der Waals surface area (Å²) in [6, 6.07) is 9.79. The Hall–Kier alpha value is -1.72. The average Bonchev–Trinajstić information content (AvgIpc) is 2.66. The van der Waals surface area contributed by atoms with Crippen LogP contribution >= 0.6 is 12.6 Å². The fourth-order valence-electron chi connectivity index (χ4n) is 2.24. The van der Waals surface area contributed by atoms with Crippen molar-refractivity contribution in [2.75, 3.05) is 35.5 Å². The van der Waals surface area contributed by atoms with Gasteiger partial charge in [-0.15, -0.1) is 12.6 Å². The number of rotatable bonds is 5. The molecule has 0 aliphatic heterocycles. The Labute approximate surface area is 172 Å². The van der Waals surface area contributed by atoms with Crippen LogP contribution in [0.15, 0.2) is 63.8 Å². The molecule has 0 fully saturated rings. The van der Waals surface area contributed by atoms with Gasteiger partial charge in [0.15, 0.2) is 17.6 Å². The first kappa shape index (κ1) is 24.3. The summed E-state index contributed by atoms with van der Waals surface area (Å²) in [5.41, 5.74) is 0.162. The summed E-state index contributed by atoms with van der Waals surface area (Å²) in [6.45, 7) is 0. The monoisotopic (exact) mass is 430 g/mol. The Morgan fingerprint density at radius 1 is 0.846 bits per heavy atom. The maximum Gasteiger partial charge on any atom is 0.208 e. The van der Waals surface area contributed by atoms with Gasteiger partial charge in [-0.05, 0) is 12.1 Å². The van der Waals surface area contributed by atoms with Crippen LogP contribution in [0.1, 0.15) is 0 Å². The second-order valence-electron chi connectivity index (χ2n) is 4.64. The zero-order valence-corrected chi connectivity index (χ0v) is 19.4. The van der Waals surface area contributed by atoms with E-state index in [-0.39, 0.29) is 36.6 Å². The van der Waals surface area contributed by atoms with Crippen LogP contribution in [0.5, 0.6) is 0 Å². The molecule has 1 unspecified atom stereocenters. The second kappa shape index (κ2) is 12.6. The van der Waals surface area contributed by atoms with Gasteiger partial charge in [0.05, 0.1) is 28.4 Å². The average molecular weight is 432 g/mol. The van der Waals surface area contributed by atoms with Gasteiger partial charge < -0.3 is 23.7 Å². The molecular formula is C18H22O6SZn. The molecule has 6 nitrogen and oxygen atoms in total. The van der Waals surface area contributed by atoms with Crippen molar-refractivity contribution in [2.45, 2.75) is 11.0 Å². The SMILES string of the molecule is COC1=C(OC)C(OC)=C(OC)C(OC)C1=C=O.Sc1ccccc1.[Zn]. The molecule has 0 amide bonds. The standard InChI is InChI=1S/C12H16O6.C6H6S.Zn/c1-14-8-7(6-13)9(15-2)11(17-4)12(18-5)10(8)16-3;7-6-4-2-1-3-5-6;/h8H,1-5H3;1-5,7H;. The number of hydrogen-bond acceptors (Lipinski definition) is 7. The van der Waals surface area contributed by atoms with Crippen LogP contribution in [-0.4, -0.2) is 47.6 Å². The summed E-state index contributed by atoms with van der Waals surface area (Å²) in [5.74, 6) is 2.93. The number of benzene rings is 1. The normalized spacial score (nSPS) is 15.9. The Balaban J connectivity index is 0.000000655. The Morgan fingerprint density at radius 3 is 1.69 bits per heavy atom. The van der Waals surface area contributed by atoms with Crippen molar-refractivity contribution in [2.24, 2.45) is 0 Å². The molecule has 138 valence electrons. The minimum Gasteiger partial charge on any atom is -0.494 e. The van der Waals surface area contributed by atoms with Crippen molar-refractivity contribution < 1.29 is 48.0 Å². The summed E-state index contributed by atoms with van der Waals surface area (Å²) in [6.07, 6.45) is -0.740. The van der Waals surface area contributed by atoms with Gasteiger partial charge in [0.25, 0.3) is 0 Å². The molecule has 1 atom stereocenters. The molecule has 0 saturated carbocycles. The maximum absolute atomic E-state index is 11.1. The van der Waals surface area contributed by atoms with Crippen LogP contribution in [0.4, 0.5) is 0 Å². The maximum atomic E-state index is 11.1. The number of carbonyl (C=O) groups excluding carboxylic acids is 1. The first-order chi connectivity index (χ1) is 12.1. The molecule has 0 bridgehead atoms. The molecule has 2 rings (SSSR count). The third-order valence-corrected chi connectivity index (χ3v) is 3.61. The number of ether oxygens (including phenoxy) is 5. The van der Waals surface area contributed by atoms with Crippen molar-refractivity contribution in [3.8, 4) is 0 Å². The first-order valence-corrected chi connectivity index (χ1v) is 7.71. The predicted molar refractivity (Wildman–Crippen MR) is 95.8 cm³/mol. The van der Waals surface area contributed by atoms with E-state index in [4.69, 9.17) is 23.7 Å². The predicted octanol–water partition coefficient (Wildman–Crippen LogP) is 2.75. The summed E-state index contributed by atoms with van der Waals surface area (Å²) in [4.78, 5) is 12.1. The van der Waals surface area contributed by atoms with Crippen molar-refractivity contribution >= 4 is 18.6 Å². The van der Waals surface area contributed by atoms with E-state index < -0.39 is 6.10 Å². The molecule has 0 heterocycles. The molecule has 0 radical (unpaired) electrons. The Morgan fingerprint density at radius 2 is 1.38 bits per heavy atom. The van der Waals surface area contributed by atoms with Gasteiger partial charge in [0.2, 0.25) is 11.5 Å². The van der Waals surface area contributed by atoms with E-state index in [1.165, 1.54) is 35.5 Å². The van der Waals surface area contributed by atoms with Crippen molar-refractivity contribution in [3.63, 3.8) is 0 Å². The van der Waals surface area contributed by atoms with Crippen LogP contribution in [0.3, 0.4) is 0 Å². The Kier molecular flexibility index (Phi) is 11.8. The van der Waals surface area contributed by atoms with E-state index in [1.54, 1.807) is 5.94 Å². The third-order valence-electron chi connectivity index (χ3n) is 3.32. The summed E-state index contributed by atoms with van der Waals surface area (Å²) >= 11 is 4.08. The van der Waals surface area contributed by atoms with Crippen LogP contribution in [0.2, 0.25) is 0 Å². The van der Waals surface area contributed by atoms with Gasteiger partial charge in [-0.2, -0.15) is 0 Å². The van der Waals surface area contributed by atoms with Crippen LogP contribution in [0.25, 0.3) is 0 Å². The minimum absolute atomic E-state index is 0. The summed E-state index contributed by atoms with van der Waals surface area (Å²) in [5, 5.41) is 0. The van der Waals surface area contributed by atoms with Gasteiger partial charge in [0, 0.05) is 31.5 Å². The smallest absolute Gasteiger partial charge is 0.208 e. The van der Waals surface area contributed by atoms with E-state index in [1.807, 2.05) is 30.3 Å². The van der Waals surface area contributed by atoms with E-state index in [9.17, 15) is 4.79 Å². The van der Waals surface area contributed by atoms with Crippen LogP contribution in [0, 0.1) is 0 Å². The molecule has 1 aromatic rings. The molecule has 0 N–H and O–H groups in total. The van der Waals surface area contributed by atoms with Crippen molar-refractivity contribution in [1.29, 1.82) is 0 Å². The largest absolute Gasteiger partial charge is 0.494 e. The quantitative estimate of drug-likeness (QED) is 0.439. The zero-order valence-electron chi connectivity index (χ0n) is 15.6. The third kappa shape index (κ3) is 5.65. The zero-order chi connectivity index (χ0) is 18.8. The van der Waals surface area contributed by atoms with E-state index in [0.29, 0.717) is 11.5 Å². The molecule has 1 aliphatic carbocycles.